The number of esters is 2. The van der Waals surface area contributed by atoms with Crippen molar-refractivity contribution in [1.82, 2.24) is 5.06 Å². The van der Waals surface area contributed by atoms with Gasteiger partial charge in [0, 0.05) is 11.6 Å². The van der Waals surface area contributed by atoms with Gasteiger partial charge in [-0.15, -0.1) is 4.28 Å². The Morgan fingerprint density at radius 1 is 1.03 bits per heavy atom. The highest BCUT2D eigenvalue weighted by atomic mass is 35.5. The molecule has 0 aromatic heterocycles. The summed E-state index contributed by atoms with van der Waals surface area (Å²) < 4.78 is 48.1. The highest BCUT2D eigenvalue weighted by molar-refractivity contribution is 7.86. The number of halogens is 1. The number of hydrogen-bond acceptors (Lipinski definition) is 10. The molecular formula is C26H29ClN2O8S. The monoisotopic (exact) mass is 564 g/mol. The molecule has 204 valence electrons. The summed E-state index contributed by atoms with van der Waals surface area (Å²) in [6.07, 6.45) is 0. The van der Waals surface area contributed by atoms with Crippen molar-refractivity contribution >= 4 is 33.7 Å². The van der Waals surface area contributed by atoms with Crippen molar-refractivity contribution < 1.29 is 36.5 Å². The van der Waals surface area contributed by atoms with Crippen LogP contribution in [0.4, 0.5) is 0 Å². The number of hydroxylamine groups is 2. The number of nitrogens with two attached hydrogens (primary N) is 1. The predicted molar refractivity (Wildman–Crippen MR) is 139 cm³/mol. The molecule has 2 N–H and O–H groups in total. The maximum absolute atomic E-state index is 13.5. The molecular weight excluding hydrogens is 536 g/mol. The van der Waals surface area contributed by atoms with Gasteiger partial charge < -0.3 is 19.9 Å². The fraction of sp³-hybridized carbons (Fsp3) is 0.308. The molecule has 1 unspecified atom stereocenters. The molecule has 1 atom stereocenters. The third-order valence-corrected chi connectivity index (χ3v) is 7.19. The molecule has 0 fully saturated rings. The lowest BCUT2D eigenvalue weighted by Gasteiger charge is -2.37. The van der Waals surface area contributed by atoms with Gasteiger partial charge in [-0.05, 0) is 37.6 Å². The van der Waals surface area contributed by atoms with E-state index in [2.05, 4.69) is 0 Å². The molecule has 0 saturated heterocycles. The largest absolute Gasteiger partial charge is 0.466 e. The van der Waals surface area contributed by atoms with Crippen LogP contribution in [0, 0.1) is 0 Å². The molecule has 3 rings (SSSR count). The predicted octanol–water partition coefficient (Wildman–Crippen LogP) is 3.30. The number of carbonyl (C=O) groups is 2. The Bertz CT molecular complexity index is 1340. The van der Waals surface area contributed by atoms with Crippen molar-refractivity contribution in [3.8, 4) is 0 Å². The molecule has 0 amide bonds. The van der Waals surface area contributed by atoms with E-state index in [0.29, 0.717) is 5.56 Å². The Labute approximate surface area is 226 Å². The van der Waals surface area contributed by atoms with Crippen LogP contribution in [0.5, 0.6) is 0 Å². The first-order chi connectivity index (χ1) is 18.2. The van der Waals surface area contributed by atoms with Crippen LogP contribution in [-0.4, -0.2) is 58.9 Å². The van der Waals surface area contributed by atoms with Gasteiger partial charge in [0.1, 0.15) is 0 Å². The number of rotatable bonds is 11. The molecule has 2 aromatic carbocycles. The molecule has 0 radical (unpaired) electrons. The molecule has 2 aromatic rings. The minimum atomic E-state index is -4.42. The Morgan fingerprint density at radius 3 is 2.29 bits per heavy atom. The Hall–Kier alpha value is -3.22. The zero-order chi connectivity index (χ0) is 27.9. The van der Waals surface area contributed by atoms with Crippen LogP contribution >= 0.6 is 11.6 Å². The lowest BCUT2D eigenvalue weighted by atomic mass is 9.80. The second-order valence-corrected chi connectivity index (χ2v) is 9.94. The quantitative estimate of drug-likeness (QED) is 0.320. The number of methoxy groups -OCH3 is 1. The first-order valence-electron chi connectivity index (χ1n) is 11.7. The van der Waals surface area contributed by atoms with Crippen molar-refractivity contribution in [2.24, 2.45) is 5.73 Å². The number of benzene rings is 2. The van der Waals surface area contributed by atoms with E-state index in [0.717, 1.165) is 5.06 Å². The minimum absolute atomic E-state index is 0.00600. The van der Waals surface area contributed by atoms with Gasteiger partial charge in [0.25, 0.3) is 0 Å². The Balaban J connectivity index is 2.34. The van der Waals surface area contributed by atoms with Gasteiger partial charge in [0.05, 0.1) is 60.3 Å². The van der Waals surface area contributed by atoms with E-state index in [1.807, 2.05) is 0 Å². The Morgan fingerprint density at radius 2 is 1.68 bits per heavy atom. The first-order valence-corrected chi connectivity index (χ1v) is 13.5. The summed E-state index contributed by atoms with van der Waals surface area (Å²) in [4.78, 5) is 26.5. The lowest BCUT2D eigenvalue weighted by molar-refractivity contribution is -0.140. The fourth-order valence-electron chi connectivity index (χ4n) is 4.00. The van der Waals surface area contributed by atoms with Crippen molar-refractivity contribution in [2.45, 2.75) is 24.7 Å². The summed E-state index contributed by atoms with van der Waals surface area (Å²) in [7, 11) is -3.24. The molecule has 0 aliphatic carbocycles. The van der Waals surface area contributed by atoms with Crippen LogP contribution in [0.25, 0.3) is 0 Å². The van der Waals surface area contributed by atoms with Crippen LogP contribution in [0.3, 0.4) is 0 Å². The van der Waals surface area contributed by atoms with E-state index in [1.54, 1.807) is 37.3 Å². The summed E-state index contributed by atoms with van der Waals surface area (Å²) in [6, 6.07) is 14.1. The van der Waals surface area contributed by atoms with Crippen molar-refractivity contribution in [1.29, 1.82) is 0 Å². The topological polar surface area (TPSA) is 134 Å². The van der Waals surface area contributed by atoms with Gasteiger partial charge in [-0.2, -0.15) is 8.42 Å². The van der Waals surface area contributed by atoms with E-state index < -0.39 is 28.0 Å². The number of hydrogen-bond donors (Lipinski definition) is 1. The minimum Gasteiger partial charge on any atom is -0.466 e. The zero-order valence-electron chi connectivity index (χ0n) is 21.2. The summed E-state index contributed by atoms with van der Waals surface area (Å²) in [5, 5.41) is 1.16. The van der Waals surface area contributed by atoms with E-state index in [4.69, 9.17) is 35.8 Å². The average Bonchev–Trinajstić information content (AvgIpc) is 2.91. The third-order valence-electron chi connectivity index (χ3n) is 5.65. The van der Waals surface area contributed by atoms with E-state index >= 15 is 0 Å². The van der Waals surface area contributed by atoms with Gasteiger partial charge in [0.15, 0.2) is 0 Å². The van der Waals surface area contributed by atoms with Crippen LogP contribution < -0.4 is 5.73 Å². The highest BCUT2D eigenvalue weighted by Crippen LogP contribution is 2.45. The van der Waals surface area contributed by atoms with E-state index in [1.165, 1.54) is 38.3 Å². The Kier molecular flexibility index (Phi) is 10.1. The molecule has 0 saturated carbocycles. The lowest BCUT2D eigenvalue weighted by Crippen LogP contribution is -2.39. The van der Waals surface area contributed by atoms with Crippen LogP contribution in [0.15, 0.2) is 82.0 Å². The van der Waals surface area contributed by atoms with Gasteiger partial charge in [0.2, 0.25) is 0 Å². The van der Waals surface area contributed by atoms with Crippen LogP contribution in [0.1, 0.15) is 25.3 Å². The molecule has 1 aliphatic rings. The average molecular weight is 565 g/mol. The first kappa shape index (κ1) is 29.3. The van der Waals surface area contributed by atoms with Crippen molar-refractivity contribution in [2.75, 3.05) is 33.5 Å². The molecule has 12 heteroatoms. The van der Waals surface area contributed by atoms with Gasteiger partial charge >= 0.3 is 22.1 Å². The SMILES string of the molecule is CCOC(=O)C1=C(COCCN)N(OS(=O)(=O)c2ccccc2)C(C)=C(C(=O)OC)C1c1ccccc1Cl. The maximum atomic E-state index is 13.5. The van der Waals surface area contributed by atoms with Gasteiger partial charge in [-0.25, -0.2) is 14.7 Å². The van der Waals surface area contributed by atoms with Gasteiger partial charge in [-0.3, -0.25) is 0 Å². The number of nitrogens with zero attached hydrogens (tertiary/aromatic N) is 1. The smallest absolute Gasteiger partial charge is 0.336 e. The number of allylic oxidation sites excluding steroid dienone is 1. The molecule has 1 aliphatic heterocycles. The van der Waals surface area contributed by atoms with Crippen LogP contribution in [0.2, 0.25) is 5.02 Å². The summed E-state index contributed by atoms with van der Waals surface area (Å²) in [5.74, 6) is -2.71. The highest BCUT2D eigenvalue weighted by Gasteiger charge is 2.44. The normalized spacial score (nSPS) is 16.0. The van der Waals surface area contributed by atoms with Crippen molar-refractivity contribution in [3.63, 3.8) is 0 Å². The number of ether oxygens (including phenoxy) is 3. The zero-order valence-corrected chi connectivity index (χ0v) is 22.8. The van der Waals surface area contributed by atoms with E-state index in [9.17, 15) is 18.0 Å². The standard InChI is InChI=1S/C26H29ClN2O8S/c1-4-36-26(31)24-21(16-35-15-14-28)29(37-38(32,33)18-10-6-5-7-11-18)17(2)22(25(30)34-3)23(24)19-12-8-9-13-20(19)27/h5-13,23H,4,14-16,28H2,1-3H3. The second-order valence-electron chi connectivity index (χ2n) is 8.00. The maximum Gasteiger partial charge on any atom is 0.336 e. The number of carbonyl (C=O) groups excluding carboxylic acids is 2. The summed E-state index contributed by atoms with van der Waals surface area (Å²) in [6.45, 7) is 3.08. The molecule has 0 spiro atoms. The summed E-state index contributed by atoms with van der Waals surface area (Å²) in [5.41, 5.74) is 5.89. The van der Waals surface area contributed by atoms with Crippen LogP contribution in [-0.2, 0) is 38.2 Å². The van der Waals surface area contributed by atoms with Gasteiger partial charge in [-0.1, -0.05) is 48.0 Å². The van der Waals surface area contributed by atoms with Crippen molar-refractivity contribution in [3.05, 3.63) is 87.7 Å². The molecule has 38 heavy (non-hydrogen) atoms. The molecule has 10 nitrogen and oxygen atoms in total. The fourth-order valence-corrected chi connectivity index (χ4v) is 5.22. The second kappa shape index (κ2) is 13.0. The third kappa shape index (κ3) is 6.25. The summed E-state index contributed by atoms with van der Waals surface area (Å²) >= 11 is 6.53. The molecule has 0 bridgehead atoms. The molecule has 1 heterocycles. The van der Waals surface area contributed by atoms with E-state index in [-0.39, 0.29) is 58.8 Å².